The quantitative estimate of drug-likeness (QED) is 0.177. The number of alkyl halides is 2. The van der Waals surface area contributed by atoms with Gasteiger partial charge >= 0.3 is 6.61 Å². The summed E-state index contributed by atoms with van der Waals surface area (Å²) in [4.78, 5) is 24.1. The lowest BCUT2D eigenvalue weighted by Gasteiger charge is -2.32. The molecule has 3 heterocycles. The topological polar surface area (TPSA) is 84.2 Å². The summed E-state index contributed by atoms with van der Waals surface area (Å²) in [6, 6.07) is 12.1. The highest BCUT2D eigenvalue weighted by Crippen LogP contribution is 2.30. The van der Waals surface area contributed by atoms with E-state index in [1.807, 2.05) is 48.4 Å². The largest absolute Gasteiger partial charge is 0.435 e. The summed E-state index contributed by atoms with van der Waals surface area (Å²) in [6.07, 6.45) is 8.45. The summed E-state index contributed by atoms with van der Waals surface area (Å²) in [5.74, 6) is 1.29. The first-order valence-corrected chi connectivity index (χ1v) is 15.3. The van der Waals surface area contributed by atoms with Crippen LogP contribution in [0.5, 0.6) is 5.75 Å². The van der Waals surface area contributed by atoms with Crippen LogP contribution in [-0.2, 0) is 4.52 Å². The molecule has 1 aliphatic heterocycles. The molecule has 1 N–H and O–H groups in total. The van der Waals surface area contributed by atoms with Gasteiger partial charge in [-0.15, -0.1) is 0 Å². The van der Waals surface area contributed by atoms with Crippen LogP contribution in [0.15, 0.2) is 61.1 Å². The van der Waals surface area contributed by atoms with E-state index >= 15 is 0 Å². The van der Waals surface area contributed by atoms with Gasteiger partial charge in [0.25, 0.3) is 5.91 Å². The molecule has 2 aromatic heterocycles. The zero-order valence-electron chi connectivity index (χ0n) is 24.6. The number of nitrogens with one attached hydrogen (secondary N) is 1. The van der Waals surface area contributed by atoms with Crippen molar-refractivity contribution in [1.29, 1.82) is 0 Å². The molecule has 0 saturated carbocycles. The Morgan fingerprint density at radius 1 is 1.16 bits per heavy atom. The standard InChI is InChI=1S/C31H37F2N6O3P/c1-4-41-43-38-16-12-22(13-17-38)11-15-37(3)30(40)26-10-7-24(19-21(26)2)36-28-29-35-20-27(39(29)18-14-34-28)23-5-8-25(9-6-23)42-31(32)33/h5-10,14,18-20,22,31,43H,4,11-13,15-17H2,1-3H3,(H,34,36). The first kappa shape index (κ1) is 30.8. The van der Waals surface area contributed by atoms with E-state index in [0.717, 1.165) is 68.0 Å². The lowest BCUT2D eigenvalue weighted by atomic mass is 9.94. The summed E-state index contributed by atoms with van der Waals surface area (Å²) < 4.78 is 39.3. The van der Waals surface area contributed by atoms with E-state index in [-0.39, 0.29) is 11.7 Å². The number of hydrogen-bond donors (Lipinski definition) is 1. The number of rotatable bonds is 12. The van der Waals surface area contributed by atoms with Crippen LogP contribution in [0.1, 0.15) is 42.1 Å². The molecule has 12 heteroatoms. The molecule has 0 bridgehead atoms. The molecule has 5 rings (SSSR count). The second-order valence-corrected chi connectivity index (χ2v) is 11.7. The Labute approximate surface area is 252 Å². The number of carbonyl (C=O) groups excluding carboxylic acids is 1. The van der Waals surface area contributed by atoms with Gasteiger partial charge < -0.3 is 19.5 Å². The van der Waals surface area contributed by atoms with E-state index in [4.69, 9.17) is 4.52 Å². The van der Waals surface area contributed by atoms with Crippen molar-refractivity contribution >= 4 is 32.0 Å². The Morgan fingerprint density at radius 2 is 1.93 bits per heavy atom. The zero-order valence-corrected chi connectivity index (χ0v) is 25.6. The van der Waals surface area contributed by atoms with Gasteiger partial charge in [-0.25, -0.2) is 9.97 Å². The summed E-state index contributed by atoms with van der Waals surface area (Å²) >= 11 is 0. The third-order valence-electron chi connectivity index (χ3n) is 7.69. The van der Waals surface area contributed by atoms with Crippen LogP contribution in [0.2, 0.25) is 0 Å². The van der Waals surface area contributed by atoms with Gasteiger partial charge in [0.1, 0.15) is 5.75 Å². The molecular weight excluding hydrogens is 573 g/mol. The number of carbonyl (C=O) groups is 1. The molecule has 1 fully saturated rings. The van der Waals surface area contributed by atoms with Crippen LogP contribution in [0, 0.1) is 12.8 Å². The molecule has 0 radical (unpaired) electrons. The molecule has 9 nitrogen and oxygen atoms in total. The molecule has 1 saturated heterocycles. The maximum atomic E-state index is 13.3. The third kappa shape index (κ3) is 7.65. The number of benzene rings is 2. The van der Waals surface area contributed by atoms with Gasteiger partial charge in [0.2, 0.25) is 0 Å². The predicted molar refractivity (Wildman–Crippen MR) is 165 cm³/mol. The minimum atomic E-state index is -2.87. The second kappa shape index (κ2) is 14.2. The van der Waals surface area contributed by atoms with Crippen LogP contribution < -0.4 is 10.1 Å². The molecule has 1 unspecified atom stereocenters. The number of ether oxygens (including phenoxy) is 1. The van der Waals surface area contributed by atoms with E-state index in [1.165, 1.54) is 12.1 Å². The number of nitrogens with zero attached hydrogens (tertiary/aromatic N) is 5. The van der Waals surface area contributed by atoms with Crippen molar-refractivity contribution in [1.82, 2.24) is 23.9 Å². The Morgan fingerprint density at radius 3 is 2.63 bits per heavy atom. The molecule has 4 aromatic rings. The van der Waals surface area contributed by atoms with Crippen LogP contribution >= 0.6 is 8.96 Å². The molecule has 1 atom stereocenters. The maximum absolute atomic E-state index is 13.3. The average Bonchev–Trinajstić information content (AvgIpc) is 3.44. The minimum absolute atomic E-state index is 0.0161. The Balaban J connectivity index is 1.21. The van der Waals surface area contributed by atoms with E-state index < -0.39 is 6.61 Å². The number of hydrogen-bond acceptors (Lipinski definition) is 7. The van der Waals surface area contributed by atoms with Gasteiger partial charge in [-0.1, -0.05) is 0 Å². The lowest BCUT2D eigenvalue weighted by Crippen LogP contribution is -2.32. The number of imidazole rings is 1. The molecule has 2 aromatic carbocycles. The highest BCUT2D eigenvalue weighted by atomic mass is 31.1. The van der Waals surface area contributed by atoms with Crippen molar-refractivity contribution in [2.45, 2.75) is 39.7 Å². The van der Waals surface area contributed by atoms with E-state index in [9.17, 15) is 13.6 Å². The van der Waals surface area contributed by atoms with Crippen molar-refractivity contribution in [3.63, 3.8) is 0 Å². The third-order valence-corrected chi connectivity index (χ3v) is 8.82. The molecular formula is C31H37F2N6O3P. The second-order valence-electron chi connectivity index (χ2n) is 10.6. The number of aromatic nitrogens is 3. The Hall–Kier alpha value is -3.66. The van der Waals surface area contributed by atoms with Gasteiger partial charge in [0.05, 0.1) is 20.8 Å². The van der Waals surface area contributed by atoms with Crippen LogP contribution in [-0.4, -0.2) is 69.7 Å². The van der Waals surface area contributed by atoms with Crippen molar-refractivity contribution < 1.29 is 22.8 Å². The summed E-state index contributed by atoms with van der Waals surface area (Å²) in [5.41, 5.74) is 4.51. The van der Waals surface area contributed by atoms with Crippen molar-refractivity contribution in [2.24, 2.45) is 5.92 Å². The molecule has 43 heavy (non-hydrogen) atoms. The number of halogens is 2. The fourth-order valence-electron chi connectivity index (χ4n) is 5.30. The minimum Gasteiger partial charge on any atom is -0.435 e. The Kier molecular flexibility index (Phi) is 10.2. The van der Waals surface area contributed by atoms with Gasteiger partial charge in [-0.3, -0.25) is 13.9 Å². The predicted octanol–water partition coefficient (Wildman–Crippen LogP) is 6.77. The molecule has 0 aliphatic carbocycles. The Bertz CT molecular complexity index is 1530. The number of aryl methyl sites for hydroxylation is 1. The summed E-state index contributed by atoms with van der Waals surface area (Å²) in [7, 11) is 2.33. The fourth-order valence-corrected chi connectivity index (χ4v) is 6.05. The normalized spacial score (nSPS) is 14.7. The van der Waals surface area contributed by atoms with Crippen LogP contribution in [0.25, 0.3) is 16.9 Å². The average molecular weight is 611 g/mol. The smallest absolute Gasteiger partial charge is 0.387 e. The number of piperidine rings is 1. The van der Waals surface area contributed by atoms with Gasteiger partial charge in [-0.05, 0) is 87.1 Å². The zero-order chi connectivity index (χ0) is 30.3. The lowest BCUT2D eigenvalue weighted by molar-refractivity contribution is -0.0498. The summed E-state index contributed by atoms with van der Waals surface area (Å²) in [6.45, 7) is 4.69. The van der Waals surface area contributed by atoms with Gasteiger partial charge in [0.15, 0.2) is 11.5 Å². The van der Waals surface area contributed by atoms with Crippen molar-refractivity contribution in [3.05, 3.63) is 72.2 Å². The van der Waals surface area contributed by atoms with E-state index in [2.05, 4.69) is 24.7 Å². The first-order valence-electron chi connectivity index (χ1n) is 14.4. The van der Waals surface area contributed by atoms with Crippen molar-refractivity contribution in [2.75, 3.05) is 38.6 Å². The van der Waals surface area contributed by atoms with Gasteiger partial charge in [-0.2, -0.15) is 8.78 Å². The molecule has 228 valence electrons. The van der Waals surface area contributed by atoms with E-state index in [0.29, 0.717) is 31.9 Å². The van der Waals surface area contributed by atoms with Crippen LogP contribution in [0.4, 0.5) is 20.3 Å². The first-order chi connectivity index (χ1) is 20.8. The summed E-state index contributed by atoms with van der Waals surface area (Å²) in [5, 5.41) is 3.33. The maximum Gasteiger partial charge on any atom is 0.387 e. The van der Waals surface area contributed by atoms with Gasteiger partial charge in [0, 0.05) is 62.5 Å². The number of anilines is 2. The number of fused-ring (bicyclic) bond motifs is 1. The fraction of sp³-hybridized carbons (Fsp3) is 0.387. The molecule has 0 spiro atoms. The highest BCUT2D eigenvalue weighted by Gasteiger charge is 2.21. The van der Waals surface area contributed by atoms with Crippen molar-refractivity contribution in [3.8, 4) is 17.0 Å². The highest BCUT2D eigenvalue weighted by molar-refractivity contribution is 7.29. The molecule has 1 aliphatic rings. The molecule has 1 amide bonds. The van der Waals surface area contributed by atoms with E-state index in [1.54, 1.807) is 30.7 Å². The number of amides is 1. The monoisotopic (exact) mass is 610 g/mol. The SMILES string of the molecule is CCOPN1CCC(CCN(C)C(=O)c2ccc(Nc3nccn4c(-c5ccc(OC(F)F)cc5)cnc34)cc2C)CC1. The van der Waals surface area contributed by atoms with Crippen LogP contribution in [0.3, 0.4) is 0 Å².